The van der Waals surface area contributed by atoms with Crippen molar-refractivity contribution in [2.75, 3.05) is 11.9 Å². The molecule has 0 radical (unpaired) electrons. The molecule has 1 amide bonds. The normalized spacial score (nSPS) is 10.1. The molecule has 0 saturated carbocycles. The molecule has 0 spiro atoms. The fourth-order valence-corrected chi connectivity index (χ4v) is 1.41. The van der Waals surface area contributed by atoms with Crippen LogP contribution in [0.3, 0.4) is 0 Å². The van der Waals surface area contributed by atoms with Crippen LogP contribution in [0.15, 0.2) is 42.5 Å². The third kappa shape index (κ3) is 4.20. The second kappa shape index (κ2) is 7.68. The number of ether oxygens (including phenoxy) is 1. The van der Waals surface area contributed by atoms with Crippen LogP contribution in [0.25, 0.3) is 6.08 Å². The Hall–Kier alpha value is -2.69. The molecule has 0 heterocycles. The number of para-hydroxylation sites is 1. The van der Waals surface area contributed by atoms with Crippen molar-refractivity contribution in [1.29, 1.82) is 0 Å². The summed E-state index contributed by atoms with van der Waals surface area (Å²) >= 11 is 0. The van der Waals surface area contributed by atoms with E-state index in [0.717, 1.165) is 0 Å². The summed E-state index contributed by atoms with van der Waals surface area (Å²) in [6, 6.07) is 6.87. The molecule has 0 atom stereocenters. The van der Waals surface area contributed by atoms with E-state index >= 15 is 0 Å². The van der Waals surface area contributed by atoms with E-state index in [2.05, 4.69) is 11.9 Å². The maximum atomic E-state index is 11.8. The van der Waals surface area contributed by atoms with Gasteiger partial charge in [-0.1, -0.05) is 24.8 Å². The fraction of sp³-hybridized carbons (Fsp3) is 0.133. The Bertz CT molecular complexity index is 561. The number of nitrogens with one attached hydrogen (secondary N) is 1. The molecule has 0 unspecified atom stereocenters. The van der Waals surface area contributed by atoms with Gasteiger partial charge in [0.05, 0.1) is 6.61 Å². The Morgan fingerprint density at radius 3 is 2.70 bits per heavy atom. The minimum atomic E-state index is -0.758. The molecule has 0 saturated heterocycles. The van der Waals surface area contributed by atoms with E-state index in [-0.39, 0.29) is 12.2 Å². The highest BCUT2D eigenvalue weighted by molar-refractivity contribution is 6.20. The van der Waals surface area contributed by atoms with E-state index in [1.165, 1.54) is 6.08 Å². The van der Waals surface area contributed by atoms with Gasteiger partial charge in [-0.05, 0) is 30.7 Å². The van der Waals surface area contributed by atoms with Crippen LogP contribution in [0.4, 0.5) is 5.69 Å². The summed E-state index contributed by atoms with van der Waals surface area (Å²) in [5.74, 6) is -1.40. The van der Waals surface area contributed by atoms with Crippen LogP contribution in [0, 0.1) is 0 Å². The Morgan fingerprint density at radius 2 is 2.05 bits per heavy atom. The number of amides is 1. The largest absolute Gasteiger partial charge is 0.462 e. The molecular formula is C15H15NO4. The lowest BCUT2D eigenvalue weighted by Gasteiger charge is -2.09. The minimum absolute atomic E-state index is 0.170. The number of carbonyl (C=O) groups is 3. The van der Waals surface area contributed by atoms with Crippen molar-refractivity contribution in [1.82, 2.24) is 0 Å². The maximum absolute atomic E-state index is 11.8. The van der Waals surface area contributed by atoms with E-state index in [9.17, 15) is 14.4 Å². The van der Waals surface area contributed by atoms with Crippen molar-refractivity contribution < 1.29 is 19.1 Å². The lowest BCUT2D eigenvalue weighted by Crippen LogP contribution is -2.21. The molecule has 0 bridgehead atoms. The van der Waals surface area contributed by atoms with Gasteiger partial charge in [0.25, 0.3) is 5.91 Å². The SMILES string of the molecule is C=C(C(=O)Nc1ccccc1/C=C/C=O)C(=O)OCC. The number of benzene rings is 1. The number of hydrogen-bond donors (Lipinski definition) is 1. The van der Waals surface area contributed by atoms with Crippen LogP contribution in [0.1, 0.15) is 12.5 Å². The summed E-state index contributed by atoms with van der Waals surface area (Å²) in [5, 5.41) is 2.55. The molecule has 1 N–H and O–H groups in total. The van der Waals surface area contributed by atoms with Crippen LogP contribution in [0.2, 0.25) is 0 Å². The van der Waals surface area contributed by atoms with Crippen LogP contribution in [-0.2, 0) is 19.1 Å². The average molecular weight is 273 g/mol. The Kier molecular flexibility index (Phi) is 5.90. The van der Waals surface area contributed by atoms with Crippen LogP contribution in [0.5, 0.6) is 0 Å². The number of aldehydes is 1. The molecule has 1 aromatic carbocycles. The Balaban J connectivity index is 2.85. The first-order valence-corrected chi connectivity index (χ1v) is 5.98. The van der Waals surface area contributed by atoms with E-state index in [1.54, 1.807) is 37.3 Å². The van der Waals surface area contributed by atoms with Crippen molar-refractivity contribution in [3.05, 3.63) is 48.1 Å². The second-order valence-corrected chi connectivity index (χ2v) is 3.74. The third-order valence-corrected chi connectivity index (χ3v) is 2.36. The fourth-order valence-electron chi connectivity index (χ4n) is 1.41. The molecule has 5 nitrogen and oxygen atoms in total. The van der Waals surface area contributed by atoms with E-state index in [0.29, 0.717) is 17.5 Å². The molecule has 0 aliphatic carbocycles. The molecule has 0 aliphatic heterocycles. The van der Waals surface area contributed by atoms with Crippen molar-refractivity contribution in [3.8, 4) is 0 Å². The predicted molar refractivity (Wildman–Crippen MR) is 75.9 cm³/mol. The molecule has 0 fully saturated rings. The highest BCUT2D eigenvalue weighted by Gasteiger charge is 2.17. The topological polar surface area (TPSA) is 72.5 Å². The smallest absolute Gasteiger partial charge is 0.343 e. The highest BCUT2D eigenvalue weighted by atomic mass is 16.5. The van der Waals surface area contributed by atoms with Gasteiger partial charge in [-0.25, -0.2) is 4.79 Å². The van der Waals surface area contributed by atoms with Gasteiger partial charge in [-0.15, -0.1) is 0 Å². The predicted octanol–water partition coefficient (Wildman–Crippen LogP) is 1.96. The number of allylic oxidation sites excluding steroid dienone is 1. The summed E-state index contributed by atoms with van der Waals surface area (Å²) < 4.78 is 4.70. The molecule has 0 aliphatic rings. The standard InChI is InChI=1S/C15H15NO4/c1-3-20-15(19)11(2)14(18)16-13-9-5-4-7-12(13)8-6-10-17/h4-10H,2-3H2,1H3,(H,16,18)/b8-6+. The van der Waals surface area contributed by atoms with Gasteiger partial charge < -0.3 is 10.1 Å². The zero-order valence-electron chi connectivity index (χ0n) is 11.1. The van der Waals surface area contributed by atoms with Crippen LogP contribution < -0.4 is 5.32 Å². The van der Waals surface area contributed by atoms with Gasteiger partial charge in [0, 0.05) is 5.69 Å². The first kappa shape index (κ1) is 15.4. The molecule has 5 heteroatoms. The first-order valence-electron chi connectivity index (χ1n) is 5.98. The Morgan fingerprint density at radius 1 is 1.35 bits per heavy atom. The number of carbonyl (C=O) groups excluding carboxylic acids is 3. The van der Waals surface area contributed by atoms with E-state index in [4.69, 9.17) is 4.74 Å². The monoisotopic (exact) mass is 273 g/mol. The van der Waals surface area contributed by atoms with E-state index < -0.39 is 11.9 Å². The average Bonchev–Trinajstić information content (AvgIpc) is 2.45. The van der Waals surface area contributed by atoms with Crippen molar-refractivity contribution in [2.45, 2.75) is 6.92 Å². The minimum Gasteiger partial charge on any atom is -0.462 e. The number of rotatable bonds is 6. The van der Waals surface area contributed by atoms with Crippen molar-refractivity contribution in [2.24, 2.45) is 0 Å². The lowest BCUT2D eigenvalue weighted by molar-refractivity contribution is -0.139. The number of hydrogen-bond acceptors (Lipinski definition) is 4. The second-order valence-electron chi connectivity index (χ2n) is 3.74. The zero-order valence-corrected chi connectivity index (χ0v) is 11.1. The maximum Gasteiger partial charge on any atom is 0.343 e. The van der Waals surface area contributed by atoms with Crippen molar-refractivity contribution >= 4 is 29.9 Å². The van der Waals surface area contributed by atoms with Crippen LogP contribution in [-0.4, -0.2) is 24.8 Å². The quantitative estimate of drug-likeness (QED) is 0.283. The number of anilines is 1. The lowest BCUT2D eigenvalue weighted by atomic mass is 10.1. The molecule has 20 heavy (non-hydrogen) atoms. The van der Waals surface area contributed by atoms with Gasteiger partial charge in [0.1, 0.15) is 11.9 Å². The van der Waals surface area contributed by atoms with Gasteiger partial charge in [-0.3, -0.25) is 9.59 Å². The summed E-state index contributed by atoms with van der Waals surface area (Å²) in [6.07, 6.45) is 3.50. The van der Waals surface area contributed by atoms with Crippen LogP contribution >= 0.6 is 0 Å². The summed E-state index contributed by atoms with van der Waals surface area (Å²) in [7, 11) is 0. The number of esters is 1. The Labute approximate surface area is 116 Å². The van der Waals surface area contributed by atoms with Gasteiger partial charge >= 0.3 is 5.97 Å². The van der Waals surface area contributed by atoms with Crippen molar-refractivity contribution in [3.63, 3.8) is 0 Å². The molecule has 104 valence electrons. The zero-order chi connectivity index (χ0) is 15.0. The summed E-state index contributed by atoms with van der Waals surface area (Å²) in [4.78, 5) is 33.6. The summed E-state index contributed by atoms with van der Waals surface area (Å²) in [6.45, 7) is 5.21. The summed E-state index contributed by atoms with van der Waals surface area (Å²) in [5.41, 5.74) is 0.840. The molecule has 1 rings (SSSR count). The first-order chi connectivity index (χ1) is 9.60. The molecule has 0 aromatic heterocycles. The third-order valence-electron chi connectivity index (χ3n) is 2.36. The molecule has 1 aromatic rings. The molecular weight excluding hydrogens is 258 g/mol. The van der Waals surface area contributed by atoms with E-state index in [1.807, 2.05) is 0 Å². The van der Waals surface area contributed by atoms with Gasteiger partial charge in [0.15, 0.2) is 0 Å². The highest BCUT2D eigenvalue weighted by Crippen LogP contribution is 2.17. The van der Waals surface area contributed by atoms with Gasteiger partial charge in [0.2, 0.25) is 0 Å². The van der Waals surface area contributed by atoms with Gasteiger partial charge in [-0.2, -0.15) is 0 Å².